The van der Waals surface area contributed by atoms with Crippen LogP contribution in [0.1, 0.15) is 17.3 Å². The average molecular weight is 238 g/mol. The molecule has 1 heterocycles. The summed E-state index contributed by atoms with van der Waals surface area (Å²) in [5.41, 5.74) is 0.349. The molecule has 0 aliphatic heterocycles. The zero-order valence-electron chi connectivity index (χ0n) is 9.33. The molecule has 0 spiro atoms. The average Bonchev–Trinajstić information content (AvgIpc) is 2.29. The number of nitrogens with one attached hydrogen (secondary N) is 1. The van der Waals surface area contributed by atoms with E-state index >= 15 is 0 Å². The Morgan fingerprint density at radius 2 is 2.24 bits per heavy atom. The van der Waals surface area contributed by atoms with Crippen molar-refractivity contribution in [3.63, 3.8) is 0 Å². The van der Waals surface area contributed by atoms with E-state index in [1.165, 1.54) is 19.3 Å². The van der Waals surface area contributed by atoms with E-state index in [1.54, 1.807) is 12.1 Å². The normalized spacial score (nSPS) is 13.8. The largest absolute Gasteiger partial charge is 0.481 e. The molecule has 0 radical (unpaired) electrons. The molecule has 0 aliphatic rings. The molecule has 1 rings (SSSR count). The Labute approximate surface area is 98.3 Å². The number of hydrogen-bond donors (Lipinski definition) is 3. The lowest BCUT2D eigenvalue weighted by atomic mass is 10.0. The minimum atomic E-state index is -1.15. The van der Waals surface area contributed by atoms with Crippen molar-refractivity contribution < 1.29 is 19.8 Å². The molecule has 0 unspecified atom stereocenters. The maximum atomic E-state index is 11.6. The van der Waals surface area contributed by atoms with Crippen molar-refractivity contribution in [1.82, 2.24) is 10.3 Å². The fourth-order valence-corrected chi connectivity index (χ4v) is 1.27. The summed E-state index contributed by atoms with van der Waals surface area (Å²) in [5, 5.41) is 20.5. The Morgan fingerprint density at radius 3 is 2.71 bits per heavy atom. The Morgan fingerprint density at radius 1 is 1.53 bits per heavy atom. The van der Waals surface area contributed by atoms with Crippen LogP contribution in [-0.2, 0) is 4.79 Å². The maximum absolute atomic E-state index is 11.6. The van der Waals surface area contributed by atoms with E-state index in [9.17, 15) is 14.7 Å². The number of rotatable bonds is 5. The number of pyridine rings is 1. The second-order valence-corrected chi connectivity index (χ2v) is 3.64. The van der Waals surface area contributed by atoms with Gasteiger partial charge in [0.1, 0.15) is 0 Å². The second-order valence-electron chi connectivity index (χ2n) is 3.64. The number of carbonyl (C=O) groups excluding carboxylic acids is 1. The maximum Gasteiger partial charge on any atom is 0.310 e. The van der Waals surface area contributed by atoms with E-state index < -0.39 is 23.9 Å². The molecule has 3 N–H and O–H groups in total. The smallest absolute Gasteiger partial charge is 0.310 e. The minimum absolute atomic E-state index is 0.124. The molecule has 1 aromatic heterocycles. The Hall–Kier alpha value is -1.95. The Balaban J connectivity index is 2.56. The van der Waals surface area contributed by atoms with Crippen LogP contribution in [0.3, 0.4) is 0 Å². The van der Waals surface area contributed by atoms with Crippen molar-refractivity contribution in [1.29, 1.82) is 0 Å². The number of carboxylic acids is 1. The number of nitrogens with zero attached hydrogens (tertiary/aromatic N) is 1. The summed E-state index contributed by atoms with van der Waals surface area (Å²) >= 11 is 0. The molecule has 92 valence electrons. The highest BCUT2D eigenvalue weighted by atomic mass is 16.4. The van der Waals surface area contributed by atoms with Crippen LogP contribution < -0.4 is 5.32 Å². The summed E-state index contributed by atoms with van der Waals surface area (Å²) in [6, 6.07) is 3.18. The van der Waals surface area contributed by atoms with Gasteiger partial charge in [0.05, 0.1) is 17.6 Å². The molecule has 0 saturated heterocycles. The third kappa shape index (κ3) is 3.84. The summed E-state index contributed by atoms with van der Waals surface area (Å²) in [5.74, 6) is -2.58. The molecule has 1 amide bonds. The van der Waals surface area contributed by atoms with Gasteiger partial charge >= 0.3 is 5.97 Å². The quantitative estimate of drug-likeness (QED) is 0.664. The first kappa shape index (κ1) is 13.1. The van der Waals surface area contributed by atoms with Crippen molar-refractivity contribution in [3.05, 3.63) is 30.1 Å². The molecule has 0 saturated carbocycles. The van der Waals surface area contributed by atoms with Gasteiger partial charge in [0.25, 0.3) is 5.91 Å². The molecule has 6 nitrogen and oxygen atoms in total. The number of aliphatic hydroxyl groups excluding tert-OH is 1. The number of aliphatic carboxylic acids is 1. The topological polar surface area (TPSA) is 99.5 Å². The molecule has 6 heteroatoms. The van der Waals surface area contributed by atoms with E-state index in [2.05, 4.69) is 10.3 Å². The van der Waals surface area contributed by atoms with Crippen molar-refractivity contribution in [2.24, 2.45) is 5.92 Å². The molecule has 2 atom stereocenters. The van der Waals surface area contributed by atoms with Gasteiger partial charge in [0.2, 0.25) is 0 Å². The van der Waals surface area contributed by atoms with E-state index in [1.807, 2.05) is 0 Å². The van der Waals surface area contributed by atoms with Gasteiger partial charge in [-0.3, -0.25) is 14.6 Å². The van der Waals surface area contributed by atoms with Gasteiger partial charge in [-0.05, 0) is 19.1 Å². The van der Waals surface area contributed by atoms with Gasteiger partial charge in [0, 0.05) is 18.9 Å². The van der Waals surface area contributed by atoms with Crippen molar-refractivity contribution >= 4 is 11.9 Å². The van der Waals surface area contributed by atoms with Gasteiger partial charge in [-0.2, -0.15) is 0 Å². The monoisotopic (exact) mass is 238 g/mol. The fraction of sp³-hybridized carbons (Fsp3) is 0.364. The van der Waals surface area contributed by atoms with Gasteiger partial charge in [0.15, 0.2) is 0 Å². The van der Waals surface area contributed by atoms with Crippen LogP contribution in [-0.4, -0.2) is 39.7 Å². The molecule has 0 aliphatic carbocycles. The van der Waals surface area contributed by atoms with E-state index in [0.717, 1.165) is 0 Å². The highest BCUT2D eigenvalue weighted by molar-refractivity contribution is 5.94. The fourth-order valence-electron chi connectivity index (χ4n) is 1.27. The first-order valence-corrected chi connectivity index (χ1v) is 5.11. The number of carboxylic acid groups (broad SMARTS) is 1. The molecular weight excluding hydrogens is 224 g/mol. The molecule has 1 aromatic rings. The molecule has 17 heavy (non-hydrogen) atoms. The summed E-state index contributed by atoms with van der Waals surface area (Å²) in [6.45, 7) is 1.25. The highest BCUT2D eigenvalue weighted by Gasteiger charge is 2.23. The lowest BCUT2D eigenvalue weighted by Crippen LogP contribution is -2.38. The summed E-state index contributed by atoms with van der Waals surface area (Å²) in [6.07, 6.45) is 1.89. The predicted octanol–water partition coefficient (Wildman–Crippen LogP) is -0.107. The number of amides is 1. The number of hydrogen-bond acceptors (Lipinski definition) is 4. The van der Waals surface area contributed by atoms with Crippen LogP contribution >= 0.6 is 0 Å². The van der Waals surface area contributed by atoms with E-state index in [4.69, 9.17) is 5.11 Å². The van der Waals surface area contributed by atoms with Crippen LogP contribution in [0, 0.1) is 5.92 Å². The Bertz CT molecular complexity index is 392. The number of aromatic nitrogens is 1. The lowest BCUT2D eigenvalue weighted by molar-refractivity contribution is -0.144. The van der Waals surface area contributed by atoms with E-state index in [-0.39, 0.29) is 6.54 Å². The van der Waals surface area contributed by atoms with Gasteiger partial charge in [-0.15, -0.1) is 0 Å². The van der Waals surface area contributed by atoms with Crippen LogP contribution in [0.2, 0.25) is 0 Å². The second kappa shape index (κ2) is 5.95. The summed E-state index contributed by atoms with van der Waals surface area (Å²) in [7, 11) is 0. The third-order valence-electron chi connectivity index (χ3n) is 2.31. The Kier molecular flexibility index (Phi) is 4.59. The molecule has 0 aromatic carbocycles. The molecule has 0 fully saturated rings. The first-order chi connectivity index (χ1) is 8.02. The van der Waals surface area contributed by atoms with Gasteiger partial charge in [-0.1, -0.05) is 0 Å². The minimum Gasteiger partial charge on any atom is -0.481 e. The first-order valence-electron chi connectivity index (χ1n) is 5.11. The van der Waals surface area contributed by atoms with E-state index in [0.29, 0.717) is 5.56 Å². The van der Waals surface area contributed by atoms with Crippen molar-refractivity contribution in [2.75, 3.05) is 6.54 Å². The third-order valence-corrected chi connectivity index (χ3v) is 2.31. The zero-order chi connectivity index (χ0) is 12.8. The lowest BCUT2D eigenvalue weighted by Gasteiger charge is -2.15. The highest BCUT2D eigenvalue weighted by Crippen LogP contribution is 2.03. The van der Waals surface area contributed by atoms with Crippen LogP contribution in [0.25, 0.3) is 0 Å². The SMILES string of the molecule is C[C@@H](O)[C@H](CNC(=O)c1cccnc1)C(=O)O. The summed E-state index contributed by atoms with van der Waals surface area (Å²) < 4.78 is 0. The number of carbonyl (C=O) groups is 2. The van der Waals surface area contributed by atoms with Crippen molar-refractivity contribution in [3.8, 4) is 0 Å². The number of aliphatic hydroxyl groups is 1. The van der Waals surface area contributed by atoms with Gasteiger partial charge in [-0.25, -0.2) is 0 Å². The molecule has 0 bridgehead atoms. The molecular formula is C11H14N2O4. The summed E-state index contributed by atoms with van der Waals surface area (Å²) in [4.78, 5) is 26.1. The van der Waals surface area contributed by atoms with Gasteiger partial charge < -0.3 is 15.5 Å². The van der Waals surface area contributed by atoms with Crippen LogP contribution in [0.15, 0.2) is 24.5 Å². The van der Waals surface area contributed by atoms with Crippen LogP contribution in [0.5, 0.6) is 0 Å². The predicted molar refractivity (Wildman–Crippen MR) is 59.4 cm³/mol. The standard InChI is InChI=1S/C11H14N2O4/c1-7(14)9(11(16)17)6-13-10(15)8-3-2-4-12-5-8/h2-5,7,9,14H,6H2,1H3,(H,13,15)(H,16,17)/t7-,9+/m1/s1. The zero-order valence-corrected chi connectivity index (χ0v) is 9.33. The van der Waals surface area contributed by atoms with Crippen molar-refractivity contribution in [2.45, 2.75) is 13.0 Å². The van der Waals surface area contributed by atoms with Crippen LogP contribution in [0.4, 0.5) is 0 Å².